The molecule has 0 radical (unpaired) electrons. The van der Waals surface area contributed by atoms with E-state index in [0.29, 0.717) is 19.7 Å². The van der Waals surface area contributed by atoms with Crippen LogP contribution in [0.1, 0.15) is 17.2 Å². The highest BCUT2D eigenvalue weighted by Gasteiger charge is 2.26. The SMILES string of the molecule is O=C(NCC(=O)N1CCOC(c2ccccc2)C1)C(=O)NCc1ccccc1. The van der Waals surface area contributed by atoms with E-state index in [1.165, 1.54) is 0 Å². The van der Waals surface area contributed by atoms with Gasteiger partial charge in [0.2, 0.25) is 5.91 Å². The van der Waals surface area contributed by atoms with Crippen LogP contribution >= 0.6 is 0 Å². The molecule has 0 aromatic heterocycles. The molecule has 0 aliphatic carbocycles. The third-order valence-electron chi connectivity index (χ3n) is 4.49. The Kier molecular flexibility index (Phi) is 6.75. The molecule has 7 heteroatoms. The quantitative estimate of drug-likeness (QED) is 0.757. The fourth-order valence-electron chi connectivity index (χ4n) is 2.95. The summed E-state index contributed by atoms with van der Waals surface area (Å²) in [4.78, 5) is 37.8. The minimum atomic E-state index is -0.822. The van der Waals surface area contributed by atoms with Crippen molar-refractivity contribution < 1.29 is 19.1 Å². The number of nitrogens with zero attached hydrogens (tertiary/aromatic N) is 1. The Morgan fingerprint density at radius 3 is 2.29 bits per heavy atom. The van der Waals surface area contributed by atoms with Crippen molar-refractivity contribution in [1.29, 1.82) is 0 Å². The summed E-state index contributed by atoms with van der Waals surface area (Å²) >= 11 is 0. The third-order valence-corrected chi connectivity index (χ3v) is 4.49. The monoisotopic (exact) mass is 381 g/mol. The van der Waals surface area contributed by atoms with Crippen molar-refractivity contribution in [1.82, 2.24) is 15.5 Å². The average molecular weight is 381 g/mol. The van der Waals surface area contributed by atoms with Crippen molar-refractivity contribution in [2.45, 2.75) is 12.6 Å². The van der Waals surface area contributed by atoms with Gasteiger partial charge >= 0.3 is 11.8 Å². The van der Waals surface area contributed by atoms with Gasteiger partial charge in [-0.1, -0.05) is 60.7 Å². The van der Waals surface area contributed by atoms with Gasteiger partial charge in [0.1, 0.15) is 6.10 Å². The molecule has 28 heavy (non-hydrogen) atoms. The van der Waals surface area contributed by atoms with E-state index in [-0.39, 0.29) is 25.1 Å². The topological polar surface area (TPSA) is 87.7 Å². The zero-order valence-electron chi connectivity index (χ0n) is 15.5. The molecule has 3 amide bonds. The van der Waals surface area contributed by atoms with E-state index in [4.69, 9.17) is 4.74 Å². The molecule has 0 bridgehead atoms. The summed E-state index contributed by atoms with van der Waals surface area (Å²) in [5.74, 6) is -1.83. The van der Waals surface area contributed by atoms with Crippen molar-refractivity contribution in [2.75, 3.05) is 26.2 Å². The minimum absolute atomic E-state index is 0.191. The number of nitrogens with one attached hydrogen (secondary N) is 2. The maximum atomic E-state index is 12.4. The maximum Gasteiger partial charge on any atom is 0.309 e. The lowest BCUT2D eigenvalue weighted by atomic mass is 10.1. The van der Waals surface area contributed by atoms with Crippen molar-refractivity contribution >= 4 is 17.7 Å². The smallest absolute Gasteiger partial charge is 0.309 e. The minimum Gasteiger partial charge on any atom is -0.370 e. The average Bonchev–Trinajstić information content (AvgIpc) is 2.77. The van der Waals surface area contributed by atoms with Gasteiger partial charge in [0.05, 0.1) is 19.7 Å². The molecule has 1 fully saturated rings. The Bertz CT molecular complexity index is 811. The van der Waals surface area contributed by atoms with Crippen LogP contribution < -0.4 is 10.6 Å². The van der Waals surface area contributed by atoms with E-state index in [9.17, 15) is 14.4 Å². The van der Waals surface area contributed by atoms with Crippen molar-refractivity contribution in [3.8, 4) is 0 Å². The Morgan fingerprint density at radius 2 is 1.57 bits per heavy atom. The van der Waals surface area contributed by atoms with Gasteiger partial charge < -0.3 is 20.3 Å². The largest absolute Gasteiger partial charge is 0.370 e. The van der Waals surface area contributed by atoms with Crippen molar-refractivity contribution in [3.05, 3.63) is 71.8 Å². The molecule has 2 N–H and O–H groups in total. The van der Waals surface area contributed by atoms with Crippen molar-refractivity contribution in [3.63, 3.8) is 0 Å². The van der Waals surface area contributed by atoms with Gasteiger partial charge in [-0.05, 0) is 11.1 Å². The lowest BCUT2D eigenvalue weighted by Crippen LogP contribution is -2.48. The number of amides is 3. The normalized spacial score (nSPS) is 16.3. The van der Waals surface area contributed by atoms with Gasteiger partial charge in [-0.2, -0.15) is 0 Å². The third kappa shape index (κ3) is 5.40. The Labute approximate surface area is 163 Å². The molecule has 1 aliphatic rings. The number of carbonyl (C=O) groups excluding carboxylic acids is 3. The number of ether oxygens (including phenoxy) is 1. The molecule has 0 spiro atoms. The lowest BCUT2D eigenvalue weighted by molar-refractivity contribution is -0.142. The highest BCUT2D eigenvalue weighted by Crippen LogP contribution is 2.21. The lowest BCUT2D eigenvalue weighted by Gasteiger charge is -2.33. The van der Waals surface area contributed by atoms with Crippen LogP contribution in [0.15, 0.2) is 60.7 Å². The van der Waals surface area contributed by atoms with E-state index in [0.717, 1.165) is 11.1 Å². The molecule has 1 heterocycles. The first-order valence-electron chi connectivity index (χ1n) is 9.18. The van der Waals surface area contributed by atoms with E-state index < -0.39 is 11.8 Å². The predicted octanol–water partition coefficient (Wildman–Crippen LogP) is 1.02. The van der Waals surface area contributed by atoms with Crippen LogP contribution in [0.2, 0.25) is 0 Å². The standard InChI is InChI=1S/C21H23N3O4/c25-19(24-11-12-28-18(15-24)17-9-5-2-6-10-17)14-23-21(27)20(26)22-13-16-7-3-1-4-8-16/h1-10,18H,11-15H2,(H,22,26)(H,23,27). The molecular formula is C21H23N3O4. The Morgan fingerprint density at radius 1 is 0.929 bits per heavy atom. The number of benzene rings is 2. The second-order valence-corrected chi connectivity index (χ2v) is 6.46. The molecule has 0 saturated carbocycles. The Balaban J connectivity index is 1.44. The number of rotatable bonds is 5. The van der Waals surface area contributed by atoms with Gasteiger partial charge in [0, 0.05) is 13.1 Å². The van der Waals surface area contributed by atoms with E-state index in [1.54, 1.807) is 4.90 Å². The van der Waals surface area contributed by atoms with Gasteiger partial charge in [0.25, 0.3) is 0 Å². The highest BCUT2D eigenvalue weighted by molar-refractivity contribution is 6.35. The molecular weight excluding hydrogens is 358 g/mol. The first-order valence-corrected chi connectivity index (χ1v) is 9.18. The van der Waals surface area contributed by atoms with E-state index in [1.807, 2.05) is 60.7 Å². The fraction of sp³-hybridized carbons (Fsp3) is 0.286. The summed E-state index contributed by atoms with van der Waals surface area (Å²) in [5.41, 5.74) is 1.89. The van der Waals surface area contributed by atoms with Gasteiger partial charge in [-0.15, -0.1) is 0 Å². The molecule has 3 rings (SSSR count). The second-order valence-electron chi connectivity index (χ2n) is 6.46. The summed E-state index contributed by atoms with van der Waals surface area (Å²) in [6, 6.07) is 19.0. The molecule has 2 aromatic carbocycles. The zero-order chi connectivity index (χ0) is 19.8. The first-order chi connectivity index (χ1) is 13.6. The first kappa shape index (κ1) is 19.6. The Hall–Kier alpha value is -3.19. The maximum absolute atomic E-state index is 12.4. The second kappa shape index (κ2) is 9.66. The highest BCUT2D eigenvalue weighted by atomic mass is 16.5. The zero-order valence-corrected chi connectivity index (χ0v) is 15.5. The van der Waals surface area contributed by atoms with Gasteiger partial charge in [0.15, 0.2) is 0 Å². The summed E-state index contributed by atoms with van der Waals surface area (Å²) < 4.78 is 5.74. The molecule has 7 nitrogen and oxygen atoms in total. The summed E-state index contributed by atoms with van der Waals surface area (Å²) in [5, 5.41) is 4.92. The molecule has 1 saturated heterocycles. The molecule has 1 aliphatic heterocycles. The van der Waals surface area contributed by atoms with Gasteiger partial charge in [-0.25, -0.2) is 0 Å². The van der Waals surface area contributed by atoms with Crippen LogP contribution in [0.25, 0.3) is 0 Å². The van der Waals surface area contributed by atoms with E-state index >= 15 is 0 Å². The number of morpholine rings is 1. The van der Waals surface area contributed by atoms with Crippen LogP contribution in [0, 0.1) is 0 Å². The van der Waals surface area contributed by atoms with Crippen LogP contribution in [-0.4, -0.2) is 48.9 Å². The van der Waals surface area contributed by atoms with Crippen LogP contribution in [-0.2, 0) is 25.7 Å². The molecule has 2 aromatic rings. The number of carbonyl (C=O) groups is 3. The summed E-state index contributed by atoms with van der Waals surface area (Å²) in [7, 11) is 0. The van der Waals surface area contributed by atoms with Crippen LogP contribution in [0.3, 0.4) is 0 Å². The summed E-state index contributed by atoms with van der Waals surface area (Å²) in [6.07, 6.45) is -0.191. The molecule has 1 atom stereocenters. The predicted molar refractivity (Wildman–Crippen MR) is 103 cm³/mol. The van der Waals surface area contributed by atoms with Gasteiger partial charge in [-0.3, -0.25) is 14.4 Å². The fourth-order valence-corrected chi connectivity index (χ4v) is 2.95. The summed E-state index contributed by atoms with van der Waals surface area (Å²) in [6.45, 7) is 1.33. The van der Waals surface area contributed by atoms with E-state index in [2.05, 4.69) is 10.6 Å². The van der Waals surface area contributed by atoms with Crippen LogP contribution in [0.4, 0.5) is 0 Å². The molecule has 1 unspecified atom stereocenters. The number of hydrogen-bond donors (Lipinski definition) is 2. The molecule has 146 valence electrons. The van der Waals surface area contributed by atoms with Crippen LogP contribution in [0.5, 0.6) is 0 Å². The van der Waals surface area contributed by atoms with Crippen molar-refractivity contribution in [2.24, 2.45) is 0 Å². The number of hydrogen-bond acceptors (Lipinski definition) is 4.